The summed E-state index contributed by atoms with van der Waals surface area (Å²) >= 11 is 0. The van der Waals surface area contributed by atoms with Crippen molar-refractivity contribution in [3.8, 4) is 5.75 Å². The van der Waals surface area contributed by atoms with Gasteiger partial charge in [0, 0.05) is 25.2 Å². The number of nitro benzene ring substituents is 1. The molecule has 0 aliphatic carbocycles. The number of nitrogens with zero attached hydrogens (tertiary/aromatic N) is 2. The van der Waals surface area contributed by atoms with E-state index in [1.165, 1.54) is 30.2 Å². The Morgan fingerprint density at radius 1 is 1.48 bits per heavy atom. The molecule has 0 radical (unpaired) electrons. The third kappa shape index (κ3) is 3.28. The minimum atomic E-state index is -0.578. The van der Waals surface area contributed by atoms with Gasteiger partial charge in [0.1, 0.15) is 5.75 Å². The fraction of sp³-hybridized carbons (Fsp3) is 0.385. The van der Waals surface area contributed by atoms with Crippen molar-refractivity contribution in [3.05, 3.63) is 33.9 Å². The molecule has 1 saturated heterocycles. The molecule has 1 heterocycles. The first-order chi connectivity index (χ1) is 10.0. The summed E-state index contributed by atoms with van der Waals surface area (Å²) in [6, 6.07) is 3.82. The minimum absolute atomic E-state index is 0.0648. The number of methoxy groups -OCH3 is 1. The van der Waals surface area contributed by atoms with Gasteiger partial charge in [0.05, 0.1) is 24.1 Å². The van der Waals surface area contributed by atoms with E-state index in [9.17, 15) is 19.7 Å². The summed E-state index contributed by atoms with van der Waals surface area (Å²) in [7, 11) is 1.38. The van der Waals surface area contributed by atoms with Crippen molar-refractivity contribution < 1.29 is 19.2 Å². The van der Waals surface area contributed by atoms with Crippen LogP contribution in [0.25, 0.3) is 0 Å². The number of carbonyl (C=O) groups excluding carboxylic acids is 2. The molecule has 1 aliphatic rings. The van der Waals surface area contributed by atoms with Gasteiger partial charge in [0.2, 0.25) is 5.91 Å². The first-order valence-electron chi connectivity index (χ1n) is 6.41. The molecule has 0 aromatic heterocycles. The van der Waals surface area contributed by atoms with Gasteiger partial charge in [-0.3, -0.25) is 19.7 Å². The largest absolute Gasteiger partial charge is 0.496 e. The molecule has 0 atom stereocenters. The number of rotatable bonds is 3. The van der Waals surface area contributed by atoms with E-state index < -0.39 is 10.8 Å². The lowest BCUT2D eigenvalue weighted by Crippen LogP contribution is -2.37. The lowest BCUT2D eigenvalue weighted by atomic mass is 10.1. The van der Waals surface area contributed by atoms with Crippen LogP contribution >= 0.6 is 0 Å². The number of ether oxygens (including phenoxy) is 1. The molecule has 1 fully saturated rings. The molecule has 0 bridgehead atoms. The summed E-state index contributed by atoms with van der Waals surface area (Å²) < 4.78 is 5.08. The third-order valence-corrected chi connectivity index (χ3v) is 3.17. The molecule has 0 spiro atoms. The Bertz CT molecular complexity index is 587. The number of hydrogen-bond donors (Lipinski definition) is 1. The summed E-state index contributed by atoms with van der Waals surface area (Å²) in [5.41, 5.74) is -0.111. The highest BCUT2D eigenvalue weighted by Crippen LogP contribution is 2.25. The van der Waals surface area contributed by atoms with Crippen molar-refractivity contribution in [2.45, 2.75) is 6.42 Å². The van der Waals surface area contributed by atoms with Crippen molar-refractivity contribution >= 4 is 17.5 Å². The number of amides is 2. The lowest BCUT2D eigenvalue weighted by molar-refractivity contribution is -0.384. The van der Waals surface area contributed by atoms with Gasteiger partial charge in [0.15, 0.2) is 0 Å². The second-order valence-corrected chi connectivity index (χ2v) is 4.57. The number of benzene rings is 1. The van der Waals surface area contributed by atoms with Crippen LogP contribution in [0.5, 0.6) is 5.75 Å². The van der Waals surface area contributed by atoms with E-state index in [0.29, 0.717) is 19.5 Å². The molecule has 21 heavy (non-hydrogen) atoms. The van der Waals surface area contributed by atoms with E-state index in [1.54, 1.807) is 0 Å². The molecule has 2 amide bonds. The summed E-state index contributed by atoms with van der Waals surface area (Å²) in [6.07, 6.45) is 0.634. The van der Waals surface area contributed by atoms with Gasteiger partial charge in [-0.2, -0.15) is 0 Å². The highest BCUT2D eigenvalue weighted by Gasteiger charge is 2.25. The SMILES string of the molecule is COc1ccc([N+](=O)[O-])cc1C(=O)N1CCCNC(=O)C1. The molecule has 112 valence electrons. The average Bonchev–Trinajstić information content (AvgIpc) is 2.70. The first kappa shape index (κ1) is 14.8. The highest BCUT2D eigenvalue weighted by molar-refractivity contribution is 5.99. The van der Waals surface area contributed by atoms with Crippen molar-refractivity contribution in [1.82, 2.24) is 10.2 Å². The normalized spacial score (nSPS) is 15.1. The molecule has 1 N–H and O–H groups in total. The van der Waals surface area contributed by atoms with Gasteiger partial charge in [-0.05, 0) is 12.5 Å². The molecule has 2 rings (SSSR count). The van der Waals surface area contributed by atoms with Crippen LogP contribution in [0.4, 0.5) is 5.69 Å². The number of nitrogens with one attached hydrogen (secondary N) is 1. The maximum Gasteiger partial charge on any atom is 0.270 e. The van der Waals surface area contributed by atoms with Crippen LogP contribution in [0.3, 0.4) is 0 Å². The van der Waals surface area contributed by atoms with Gasteiger partial charge in [-0.1, -0.05) is 0 Å². The predicted octanol–water partition coefficient (Wildman–Crippen LogP) is 0.565. The van der Waals surface area contributed by atoms with E-state index in [1.807, 2.05) is 0 Å². The van der Waals surface area contributed by atoms with Crippen LogP contribution in [-0.2, 0) is 4.79 Å². The lowest BCUT2D eigenvalue weighted by Gasteiger charge is -2.20. The zero-order chi connectivity index (χ0) is 15.4. The summed E-state index contributed by atoms with van der Waals surface area (Å²) in [5, 5.41) is 13.5. The van der Waals surface area contributed by atoms with E-state index >= 15 is 0 Å². The number of nitro groups is 1. The van der Waals surface area contributed by atoms with Crippen molar-refractivity contribution in [2.24, 2.45) is 0 Å². The summed E-state index contributed by atoms with van der Waals surface area (Å²) in [6.45, 7) is 0.850. The Balaban J connectivity index is 2.34. The second kappa shape index (κ2) is 6.21. The molecule has 8 heteroatoms. The standard InChI is InChI=1S/C13H15N3O5/c1-21-11-4-3-9(16(19)20)7-10(11)13(18)15-6-2-5-14-12(17)8-15/h3-4,7H,2,5-6,8H2,1H3,(H,14,17). The maximum atomic E-state index is 12.5. The Labute approximate surface area is 120 Å². The molecule has 0 unspecified atom stereocenters. The number of non-ortho nitro benzene ring substituents is 1. The van der Waals surface area contributed by atoms with Crippen LogP contribution in [0.15, 0.2) is 18.2 Å². The maximum absolute atomic E-state index is 12.5. The zero-order valence-corrected chi connectivity index (χ0v) is 11.5. The monoisotopic (exact) mass is 293 g/mol. The number of hydrogen-bond acceptors (Lipinski definition) is 5. The molecule has 1 aliphatic heterocycles. The molecule has 1 aromatic carbocycles. The molecular weight excluding hydrogens is 278 g/mol. The molecule has 8 nitrogen and oxygen atoms in total. The van der Waals surface area contributed by atoms with Crippen LogP contribution < -0.4 is 10.1 Å². The van der Waals surface area contributed by atoms with Crippen LogP contribution in [0.1, 0.15) is 16.8 Å². The van der Waals surface area contributed by atoms with E-state index in [4.69, 9.17) is 4.74 Å². The fourth-order valence-electron chi connectivity index (χ4n) is 2.13. The number of carbonyl (C=O) groups is 2. The van der Waals surface area contributed by atoms with Crippen LogP contribution in [-0.4, -0.2) is 48.4 Å². The zero-order valence-electron chi connectivity index (χ0n) is 11.5. The van der Waals surface area contributed by atoms with Gasteiger partial charge < -0.3 is 15.0 Å². The van der Waals surface area contributed by atoms with E-state index in [2.05, 4.69) is 5.32 Å². The van der Waals surface area contributed by atoms with Gasteiger partial charge in [0.25, 0.3) is 11.6 Å². The Morgan fingerprint density at radius 2 is 2.24 bits per heavy atom. The van der Waals surface area contributed by atoms with Crippen molar-refractivity contribution in [3.63, 3.8) is 0 Å². The quantitative estimate of drug-likeness (QED) is 0.648. The third-order valence-electron chi connectivity index (χ3n) is 3.17. The Morgan fingerprint density at radius 3 is 2.90 bits per heavy atom. The minimum Gasteiger partial charge on any atom is -0.496 e. The van der Waals surface area contributed by atoms with Crippen molar-refractivity contribution in [1.29, 1.82) is 0 Å². The summed E-state index contributed by atoms with van der Waals surface area (Å²) in [4.78, 5) is 35.6. The highest BCUT2D eigenvalue weighted by atomic mass is 16.6. The molecule has 1 aromatic rings. The van der Waals surface area contributed by atoms with Crippen LogP contribution in [0, 0.1) is 10.1 Å². The van der Waals surface area contributed by atoms with Crippen LogP contribution in [0.2, 0.25) is 0 Å². The summed E-state index contributed by atoms with van der Waals surface area (Å²) in [5.74, 6) is -0.451. The van der Waals surface area contributed by atoms with Crippen molar-refractivity contribution in [2.75, 3.05) is 26.7 Å². The van der Waals surface area contributed by atoms with Gasteiger partial charge in [-0.15, -0.1) is 0 Å². The first-order valence-corrected chi connectivity index (χ1v) is 6.41. The predicted molar refractivity (Wildman–Crippen MR) is 73.2 cm³/mol. The Hall–Kier alpha value is -2.64. The molecular formula is C13H15N3O5. The van der Waals surface area contributed by atoms with E-state index in [-0.39, 0.29) is 29.5 Å². The Kier molecular flexibility index (Phi) is 4.36. The molecule has 0 saturated carbocycles. The smallest absolute Gasteiger partial charge is 0.270 e. The van der Waals surface area contributed by atoms with Gasteiger partial charge >= 0.3 is 0 Å². The van der Waals surface area contributed by atoms with Gasteiger partial charge in [-0.25, -0.2) is 0 Å². The second-order valence-electron chi connectivity index (χ2n) is 4.57. The fourth-order valence-corrected chi connectivity index (χ4v) is 2.13. The topological polar surface area (TPSA) is 102 Å². The average molecular weight is 293 g/mol. The van der Waals surface area contributed by atoms with E-state index in [0.717, 1.165) is 0 Å².